The van der Waals surface area contributed by atoms with Gasteiger partial charge >= 0.3 is 29.6 Å². The molecule has 21 heavy (non-hydrogen) atoms. The number of hydrogen-bond acceptors (Lipinski definition) is 5. The van der Waals surface area contributed by atoms with E-state index in [1.54, 1.807) is 31.2 Å². The maximum atomic E-state index is 12.2. The second-order valence-electron chi connectivity index (χ2n) is 4.32. The monoisotopic (exact) mass is 319 g/mol. The van der Waals surface area contributed by atoms with Crippen molar-refractivity contribution in [3.63, 3.8) is 0 Å². The van der Waals surface area contributed by atoms with E-state index in [0.717, 1.165) is 0 Å². The van der Waals surface area contributed by atoms with E-state index in [9.17, 15) is 17.8 Å². The number of aryl methyl sites for hydroxylation is 1. The number of rotatable bonds is 5. The molecule has 7 nitrogen and oxygen atoms in total. The molecular formula is C12H14N3NaO4S. The molecule has 0 fully saturated rings. The molecule has 9 heteroatoms. The van der Waals surface area contributed by atoms with Crippen molar-refractivity contribution in [2.24, 2.45) is 0 Å². The van der Waals surface area contributed by atoms with Gasteiger partial charge in [0, 0.05) is 12.2 Å². The Morgan fingerprint density at radius 1 is 1.29 bits per heavy atom. The summed E-state index contributed by atoms with van der Waals surface area (Å²) < 4.78 is 32.9. The van der Waals surface area contributed by atoms with E-state index in [-0.39, 0.29) is 41.7 Å². The minimum absolute atomic E-state index is 0. The zero-order valence-electron chi connectivity index (χ0n) is 11.8. The molecule has 0 aliphatic rings. The number of nitrogens with zero attached hydrogens (tertiary/aromatic N) is 1. The summed E-state index contributed by atoms with van der Waals surface area (Å²) in [6.45, 7) is 1.73. The molecule has 0 aliphatic carbocycles. The molecule has 0 atom stereocenters. The standard InChI is InChI=1S/C12H15N3O4S.Na/c1-9-11(7-13-8-20(17,18)19)12(16)15(14-9)10-5-3-2-4-6-10;/h2-6,13-14H,7-8H2,1H3,(H,17,18,19);/q;+1/p-1. The van der Waals surface area contributed by atoms with Gasteiger partial charge in [0.25, 0.3) is 5.56 Å². The first-order chi connectivity index (χ1) is 9.38. The molecule has 1 aromatic carbocycles. The van der Waals surface area contributed by atoms with Crippen LogP contribution in [0.25, 0.3) is 5.69 Å². The summed E-state index contributed by atoms with van der Waals surface area (Å²) in [7, 11) is -4.35. The zero-order valence-corrected chi connectivity index (χ0v) is 14.6. The average molecular weight is 319 g/mol. The van der Waals surface area contributed by atoms with Crippen molar-refractivity contribution in [2.75, 3.05) is 5.88 Å². The topological polar surface area (TPSA) is 107 Å². The molecule has 0 unspecified atom stereocenters. The van der Waals surface area contributed by atoms with Crippen molar-refractivity contribution in [1.82, 2.24) is 15.1 Å². The predicted molar refractivity (Wildman–Crippen MR) is 72.5 cm³/mol. The molecule has 0 bridgehead atoms. The van der Waals surface area contributed by atoms with Gasteiger partial charge in [-0.15, -0.1) is 0 Å². The van der Waals surface area contributed by atoms with Gasteiger partial charge in [0.05, 0.1) is 17.1 Å². The number of hydrogen-bond donors (Lipinski definition) is 2. The van der Waals surface area contributed by atoms with E-state index in [4.69, 9.17) is 0 Å². The largest absolute Gasteiger partial charge is 1.00 e. The molecule has 0 spiro atoms. The second-order valence-corrected chi connectivity index (χ2v) is 5.72. The predicted octanol–water partition coefficient (Wildman–Crippen LogP) is -2.93. The molecule has 0 radical (unpaired) electrons. The van der Waals surface area contributed by atoms with Crippen LogP contribution in [-0.4, -0.2) is 28.6 Å². The van der Waals surface area contributed by atoms with Crippen LogP contribution >= 0.6 is 0 Å². The minimum Gasteiger partial charge on any atom is -0.747 e. The fourth-order valence-electron chi connectivity index (χ4n) is 1.85. The summed E-state index contributed by atoms with van der Waals surface area (Å²) in [4.78, 5) is 12.2. The Bertz CT molecular complexity index is 753. The molecule has 2 N–H and O–H groups in total. The van der Waals surface area contributed by atoms with E-state index in [2.05, 4.69) is 10.4 Å². The van der Waals surface area contributed by atoms with E-state index in [0.29, 0.717) is 16.9 Å². The third-order valence-electron chi connectivity index (χ3n) is 2.79. The van der Waals surface area contributed by atoms with Crippen LogP contribution in [0.3, 0.4) is 0 Å². The van der Waals surface area contributed by atoms with Gasteiger partial charge in [0.2, 0.25) is 0 Å². The fourth-order valence-corrected chi connectivity index (χ4v) is 2.20. The van der Waals surface area contributed by atoms with E-state index >= 15 is 0 Å². The third-order valence-corrected chi connectivity index (χ3v) is 3.35. The molecular weight excluding hydrogens is 305 g/mol. The van der Waals surface area contributed by atoms with Crippen LogP contribution in [0.2, 0.25) is 0 Å². The van der Waals surface area contributed by atoms with Crippen molar-refractivity contribution in [1.29, 1.82) is 0 Å². The smallest absolute Gasteiger partial charge is 0.747 e. The van der Waals surface area contributed by atoms with Gasteiger partial charge in [-0.25, -0.2) is 13.1 Å². The van der Waals surface area contributed by atoms with Crippen LogP contribution in [0.1, 0.15) is 11.3 Å². The Balaban J connectivity index is 0.00000220. The van der Waals surface area contributed by atoms with Gasteiger partial charge in [-0.2, -0.15) is 0 Å². The van der Waals surface area contributed by atoms with Crippen LogP contribution in [0.4, 0.5) is 0 Å². The molecule has 0 saturated heterocycles. The summed E-state index contributed by atoms with van der Waals surface area (Å²) in [5.74, 6) is -0.706. The number of para-hydroxylation sites is 1. The van der Waals surface area contributed by atoms with Crippen molar-refractivity contribution >= 4 is 10.1 Å². The first-order valence-electron chi connectivity index (χ1n) is 5.88. The average Bonchev–Trinajstić information content (AvgIpc) is 2.66. The normalized spacial score (nSPS) is 11.1. The molecule has 2 rings (SSSR count). The third kappa shape index (κ3) is 4.80. The van der Waals surface area contributed by atoms with E-state index in [1.165, 1.54) is 4.68 Å². The number of H-pyrrole nitrogens is 1. The van der Waals surface area contributed by atoms with Gasteiger partial charge in [0.1, 0.15) is 10.1 Å². The van der Waals surface area contributed by atoms with Crippen molar-refractivity contribution in [2.45, 2.75) is 13.5 Å². The molecule has 108 valence electrons. The van der Waals surface area contributed by atoms with E-state index in [1.807, 2.05) is 6.07 Å². The van der Waals surface area contributed by atoms with Crippen LogP contribution < -0.4 is 40.4 Å². The number of benzene rings is 1. The second kappa shape index (κ2) is 7.39. The van der Waals surface area contributed by atoms with Crippen molar-refractivity contribution in [3.8, 4) is 5.69 Å². The molecule has 0 saturated carbocycles. The summed E-state index contributed by atoms with van der Waals surface area (Å²) in [5, 5.41) is 5.37. The Morgan fingerprint density at radius 3 is 2.48 bits per heavy atom. The number of aromatic amines is 1. The Morgan fingerprint density at radius 2 is 1.90 bits per heavy atom. The first kappa shape index (κ1) is 18.1. The fraction of sp³-hybridized carbons (Fsp3) is 0.250. The minimum atomic E-state index is -4.35. The summed E-state index contributed by atoms with van der Waals surface area (Å²) in [6, 6.07) is 9.00. The Labute approximate surface area is 144 Å². The SMILES string of the molecule is Cc1[nH]n(-c2ccccc2)c(=O)c1CNCS(=O)(=O)[O-].[Na+]. The van der Waals surface area contributed by atoms with E-state index < -0.39 is 16.0 Å². The van der Waals surface area contributed by atoms with Crippen LogP contribution in [0.5, 0.6) is 0 Å². The molecule has 1 heterocycles. The van der Waals surface area contributed by atoms with Crippen LogP contribution in [-0.2, 0) is 16.7 Å². The van der Waals surface area contributed by atoms with Crippen LogP contribution in [0, 0.1) is 6.92 Å². The van der Waals surface area contributed by atoms with Crippen molar-refractivity contribution in [3.05, 3.63) is 51.9 Å². The number of nitrogens with one attached hydrogen (secondary N) is 2. The van der Waals surface area contributed by atoms with Gasteiger partial charge in [-0.3, -0.25) is 9.89 Å². The first-order valence-corrected chi connectivity index (χ1v) is 7.46. The summed E-state index contributed by atoms with van der Waals surface area (Å²) >= 11 is 0. The molecule has 1 aromatic heterocycles. The quantitative estimate of drug-likeness (QED) is 0.453. The van der Waals surface area contributed by atoms with Gasteiger partial charge in [-0.1, -0.05) is 18.2 Å². The van der Waals surface area contributed by atoms with Crippen LogP contribution in [0.15, 0.2) is 35.1 Å². The molecule has 0 aliphatic heterocycles. The molecule has 2 aromatic rings. The maximum Gasteiger partial charge on any atom is 1.00 e. The number of aromatic nitrogens is 2. The van der Waals surface area contributed by atoms with Gasteiger partial charge in [0.15, 0.2) is 0 Å². The van der Waals surface area contributed by atoms with Crippen molar-refractivity contribution < 1.29 is 42.5 Å². The molecule has 0 amide bonds. The Hall–Kier alpha value is -0.900. The maximum absolute atomic E-state index is 12.2. The summed E-state index contributed by atoms with van der Waals surface area (Å²) in [5.41, 5.74) is 1.43. The van der Waals surface area contributed by atoms with Gasteiger partial charge in [-0.05, 0) is 19.1 Å². The van der Waals surface area contributed by atoms with Gasteiger partial charge < -0.3 is 9.87 Å². The zero-order chi connectivity index (χ0) is 14.8. The summed E-state index contributed by atoms with van der Waals surface area (Å²) in [6.07, 6.45) is 0. The Kier molecular flexibility index (Phi) is 6.39.